The smallest absolute Gasteiger partial charge is 0.338 e. The number of aryl methyl sites for hydroxylation is 2. The molecule has 0 N–H and O–H groups in total. The van der Waals surface area contributed by atoms with Crippen LogP contribution < -0.4 is 0 Å². The van der Waals surface area contributed by atoms with E-state index in [9.17, 15) is 13.6 Å². The van der Waals surface area contributed by atoms with Gasteiger partial charge in [-0.2, -0.15) is 0 Å². The second-order valence-corrected chi connectivity index (χ2v) is 6.49. The number of nitrogens with zero attached hydrogens (tertiary/aromatic N) is 2. The molecule has 0 aliphatic heterocycles. The van der Waals surface area contributed by atoms with Gasteiger partial charge in [-0.25, -0.2) is 18.6 Å². The Morgan fingerprint density at radius 1 is 1.19 bits per heavy atom. The number of carbonyl (C=O) groups excluding carboxylic acids is 1. The summed E-state index contributed by atoms with van der Waals surface area (Å²) in [6, 6.07) is 5.97. The minimum absolute atomic E-state index is 0.0881. The number of aliphatic imine (C=N–C) groups is 1. The normalized spacial score (nSPS) is 11.1. The molecule has 0 spiro atoms. The van der Waals surface area contributed by atoms with Crippen LogP contribution in [0.4, 0.5) is 14.5 Å². The van der Waals surface area contributed by atoms with Crippen molar-refractivity contribution in [1.29, 1.82) is 0 Å². The third-order valence-corrected chi connectivity index (χ3v) is 4.41. The molecule has 0 aliphatic carbocycles. The Kier molecular flexibility index (Phi) is 6.66. The van der Waals surface area contributed by atoms with Crippen LogP contribution in [-0.2, 0) is 11.3 Å². The van der Waals surface area contributed by atoms with Crippen LogP contribution in [-0.4, -0.2) is 30.8 Å². The first-order chi connectivity index (χ1) is 12.7. The maximum absolute atomic E-state index is 14.0. The topological polar surface area (TPSA) is 41.9 Å². The number of carbonyl (C=O) groups is 1. The van der Waals surface area contributed by atoms with Gasteiger partial charge in [0.25, 0.3) is 0 Å². The molecule has 4 nitrogen and oxygen atoms in total. The largest absolute Gasteiger partial charge is 0.457 e. The van der Waals surface area contributed by atoms with Crippen molar-refractivity contribution in [3.05, 3.63) is 63.7 Å². The van der Waals surface area contributed by atoms with Gasteiger partial charge in [0.15, 0.2) is 0 Å². The van der Waals surface area contributed by atoms with E-state index in [2.05, 4.69) is 4.99 Å². The highest BCUT2D eigenvalue weighted by molar-refractivity contribution is 5.92. The maximum Gasteiger partial charge on any atom is 0.338 e. The lowest BCUT2D eigenvalue weighted by atomic mass is 10.0. The van der Waals surface area contributed by atoms with Crippen LogP contribution in [0.5, 0.6) is 0 Å². The van der Waals surface area contributed by atoms with Gasteiger partial charge in [0.2, 0.25) is 0 Å². The Morgan fingerprint density at radius 2 is 1.89 bits per heavy atom. The molecule has 0 saturated heterocycles. The van der Waals surface area contributed by atoms with Crippen LogP contribution in [0.15, 0.2) is 29.3 Å². The molecular weight excluding hydrogens is 350 g/mol. The molecule has 0 bridgehead atoms. The van der Waals surface area contributed by atoms with Crippen LogP contribution in [0, 0.1) is 32.4 Å². The second-order valence-electron chi connectivity index (χ2n) is 6.49. The minimum Gasteiger partial charge on any atom is -0.457 e. The van der Waals surface area contributed by atoms with E-state index in [0.29, 0.717) is 11.1 Å². The van der Waals surface area contributed by atoms with Crippen LogP contribution in [0.2, 0.25) is 0 Å². The molecular formula is C21H24F2N2O2. The zero-order valence-electron chi connectivity index (χ0n) is 16.3. The van der Waals surface area contributed by atoms with Gasteiger partial charge in [0, 0.05) is 24.7 Å². The Morgan fingerprint density at radius 3 is 2.56 bits per heavy atom. The van der Waals surface area contributed by atoms with E-state index in [-0.39, 0.29) is 17.7 Å². The molecule has 2 rings (SSSR count). The average molecular weight is 374 g/mol. The summed E-state index contributed by atoms with van der Waals surface area (Å²) < 4.78 is 32.6. The Hall–Kier alpha value is -2.76. The van der Waals surface area contributed by atoms with Gasteiger partial charge in [-0.3, -0.25) is 0 Å². The first-order valence-electron chi connectivity index (χ1n) is 8.70. The van der Waals surface area contributed by atoms with Gasteiger partial charge < -0.3 is 9.64 Å². The number of halogens is 2. The van der Waals surface area contributed by atoms with Crippen molar-refractivity contribution in [3.8, 4) is 0 Å². The summed E-state index contributed by atoms with van der Waals surface area (Å²) in [5.41, 5.74) is 2.76. The molecule has 0 heterocycles. The maximum atomic E-state index is 14.0. The van der Waals surface area contributed by atoms with Crippen LogP contribution in [0.3, 0.4) is 0 Å². The monoisotopic (exact) mass is 374 g/mol. The molecule has 0 aromatic heterocycles. The van der Waals surface area contributed by atoms with Crippen molar-refractivity contribution >= 4 is 18.0 Å². The van der Waals surface area contributed by atoms with E-state index < -0.39 is 17.6 Å². The molecule has 6 heteroatoms. The van der Waals surface area contributed by atoms with E-state index in [0.717, 1.165) is 23.9 Å². The quantitative estimate of drug-likeness (QED) is 0.412. The standard InChI is InChI=1S/C21H24F2N2O2/c1-6-25(5)12-24-19-10-13(2)17(9-14(19)3)21(26)27-11-16-7-8-18(22)15(4)20(16)23/h7-10,12H,6,11H2,1-5H3. The first kappa shape index (κ1) is 20.6. The number of rotatable bonds is 6. The number of ether oxygens (including phenoxy) is 1. The highest BCUT2D eigenvalue weighted by atomic mass is 19.1. The summed E-state index contributed by atoms with van der Waals surface area (Å²) >= 11 is 0. The van der Waals surface area contributed by atoms with Crippen molar-refractivity contribution in [3.63, 3.8) is 0 Å². The van der Waals surface area contributed by atoms with Gasteiger partial charge in [-0.05, 0) is 63.1 Å². The van der Waals surface area contributed by atoms with Gasteiger partial charge in [-0.1, -0.05) is 0 Å². The number of esters is 1. The number of hydrogen-bond acceptors (Lipinski definition) is 3. The third-order valence-electron chi connectivity index (χ3n) is 4.41. The van der Waals surface area contributed by atoms with Crippen molar-refractivity contribution < 1.29 is 18.3 Å². The van der Waals surface area contributed by atoms with Crippen molar-refractivity contribution in [2.45, 2.75) is 34.3 Å². The van der Waals surface area contributed by atoms with E-state index in [1.54, 1.807) is 19.3 Å². The van der Waals surface area contributed by atoms with Crippen molar-refractivity contribution in [1.82, 2.24) is 4.90 Å². The number of benzene rings is 2. The highest BCUT2D eigenvalue weighted by Gasteiger charge is 2.16. The molecule has 2 aromatic carbocycles. The lowest BCUT2D eigenvalue weighted by molar-refractivity contribution is 0.0468. The zero-order valence-corrected chi connectivity index (χ0v) is 16.3. The van der Waals surface area contributed by atoms with E-state index >= 15 is 0 Å². The second kappa shape index (κ2) is 8.75. The van der Waals surface area contributed by atoms with Crippen LogP contribution >= 0.6 is 0 Å². The summed E-state index contributed by atoms with van der Waals surface area (Å²) in [6.07, 6.45) is 1.74. The van der Waals surface area contributed by atoms with Crippen LogP contribution in [0.25, 0.3) is 0 Å². The predicted octanol–water partition coefficient (Wildman–Crippen LogP) is 4.86. The fourth-order valence-corrected chi connectivity index (χ4v) is 2.45. The molecule has 0 saturated carbocycles. The average Bonchev–Trinajstić information content (AvgIpc) is 2.65. The molecule has 0 unspecified atom stereocenters. The van der Waals surface area contributed by atoms with Gasteiger partial charge in [0.1, 0.15) is 18.2 Å². The molecule has 0 radical (unpaired) electrons. The number of hydrogen-bond donors (Lipinski definition) is 0. The van der Waals surface area contributed by atoms with E-state index in [1.165, 1.54) is 13.0 Å². The lowest BCUT2D eigenvalue weighted by Gasteiger charge is -2.12. The summed E-state index contributed by atoms with van der Waals surface area (Å²) in [4.78, 5) is 18.8. The zero-order chi connectivity index (χ0) is 20.1. The predicted molar refractivity (Wildman–Crippen MR) is 103 cm³/mol. The SMILES string of the molecule is CCN(C)C=Nc1cc(C)c(C(=O)OCc2ccc(F)c(C)c2F)cc1C. The van der Waals surface area contributed by atoms with E-state index in [1.807, 2.05) is 31.9 Å². The molecule has 27 heavy (non-hydrogen) atoms. The molecule has 0 amide bonds. The minimum atomic E-state index is -0.694. The Bertz CT molecular complexity index is 879. The third kappa shape index (κ3) is 4.90. The Balaban J connectivity index is 2.16. The lowest BCUT2D eigenvalue weighted by Crippen LogP contribution is -2.14. The van der Waals surface area contributed by atoms with Gasteiger partial charge >= 0.3 is 5.97 Å². The van der Waals surface area contributed by atoms with Crippen molar-refractivity contribution in [2.24, 2.45) is 4.99 Å². The summed E-state index contributed by atoms with van der Waals surface area (Å²) in [7, 11) is 1.92. The van der Waals surface area contributed by atoms with E-state index in [4.69, 9.17) is 4.74 Å². The van der Waals surface area contributed by atoms with Crippen LogP contribution in [0.1, 0.15) is 39.5 Å². The summed E-state index contributed by atoms with van der Waals surface area (Å²) in [6.45, 7) is 7.60. The summed E-state index contributed by atoms with van der Waals surface area (Å²) in [5, 5.41) is 0. The fourth-order valence-electron chi connectivity index (χ4n) is 2.45. The summed E-state index contributed by atoms with van der Waals surface area (Å²) in [5.74, 6) is -1.88. The first-order valence-corrected chi connectivity index (χ1v) is 8.70. The van der Waals surface area contributed by atoms with Gasteiger partial charge in [0.05, 0.1) is 17.6 Å². The fraction of sp³-hybridized carbons (Fsp3) is 0.333. The molecule has 0 aliphatic rings. The van der Waals surface area contributed by atoms with Crippen molar-refractivity contribution in [2.75, 3.05) is 13.6 Å². The van der Waals surface area contributed by atoms with Gasteiger partial charge in [-0.15, -0.1) is 0 Å². The molecule has 144 valence electrons. The highest BCUT2D eigenvalue weighted by Crippen LogP contribution is 2.24. The molecule has 0 atom stereocenters. The Labute approximate surface area is 158 Å². The molecule has 0 fully saturated rings. The molecule has 2 aromatic rings.